The van der Waals surface area contributed by atoms with Crippen LogP contribution in [0.5, 0.6) is 0 Å². The average molecular weight is 480 g/mol. The van der Waals surface area contributed by atoms with E-state index in [2.05, 4.69) is 25.5 Å². The van der Waals surface area contributed by atoms with Gasteiger partial charge in [0, 0.05) is 18.0 Å². The molecule has 1 unspecified atom stereocenters. The molecule has 2 aromatic heterocycles. The molecule has 7 nitrogen and oxygen atoms in total. The molecular formula is C21H14F6N6O. The minimum atomic E-state index is -5.08. The van der Waals surface area contributed by atoms with Gasteiger partial charge in [-0.3, -0.25) is 9.78 Å². The summed E-state index contributed by atoms with van der Waals surface area (Å²) < 4.78 is 78.7. The summed E-state index contributed by atoms with van der Waals surface area (Å²) in [5, 5.41) is 10.9. The van der Waals surface area contributed by atoms with E-state index in [0.717, 1.165) is 0 Å². The number of hydrogen-bond acceptors (Lipinski definition) is 5. The molecule has 0 aliphatic carbocycles. The Balaban J connectivity index is 1.67. The van der Waals surface area contributed by atoms with E-state index in [0.29, 0.717) is 23.2 Å². The monoisotopic (exact) mass is 480 g/mol. The molecule has 2 heterocycles. The van der Waals surface area contributed by atoms with Crippen molar-refractivity contribution in [2.75, 3.05) is 0 Å². The van der Waals surface area contributed by atoms with Gasteiger partial charge in [0.15, 0.2) is 5.82 Å². The highest BCUT2D eigenvalue weighted by Gasteiger charge is 2.37. The molecule has 0 spiro atoms. The number of aromatic nitrogens is 5. The number of alkyl halides is 6. The van der Waals surface area contributed by atoms with Gasteiger partial charge >= 0.3 is 12.4 Å². The molecule has 34 heavy (non-hydrogen) atoms. The highest BCUT2D eigenvalue weighted by atomic mass is 19.4. The van der Waals surface area contributed by atoms with E-state index in [9.17, 15) is 31.1 Å². The van der Waals surface area contributed by atoms with Gasteiger partial charge in [0.1, 0.15) is 16.7 Å². The zero-order chi connectivity index (χ0) is 24.7. The smallest absolute Gasteiger partial charge is 0.344 e. The first-order chi connectivity index (χ1) is 15.9. The Morgan fingerprint density at radius 2 is 1.41 bits per heavy atom. The van der Waals surface area contributed by atoms with Crippen molar-refractivity contribution in [2.45, 2.75) is 25.3 Å². The van der Waals surface area contributed by atoms with Crippen molar-refractivity contribution < 1.29 is 31.1 Å². The van der Waals surface area contributed by atoms with E-state index in [1.54, 1.807) is 24.3 Å². The van der Waals surface area contributed by atoms with E-state index in [4.69, 9.17) is 0 Å². The zero-order valence-corrected chi connectivity index (χ0v) is 17.2. The van der Waals surface area contributed by atoms with Crippen LogP contribution < -0.4 is 5.32 Å². The van der Waals surface area contributed by atoms with E-state index >= 15 is 0 Å². The fourth-order valence-electron chi connectivity index (χ4n) is 3.19. The first-order valence-electron chi connectivity index (χ1n) is 9.67. The number of fused-ring (bicyclic) bond motifs is 1. The highest BCUT2D eigenvalue weighted by molar-refractivity contribution is 5.95. The largest absolute Gasteiger partial charge is 0.416 e. The summed E-state index contributed by atoms with van der Waals surface area (Å²) >= 11 is 0. The summed E-state index contributed by atoms with van der Waals surface area (Å²) in [6.07, 6.45) is -7.48. The molecule has 13 heteroatoms. The maximum Gasteiger partial charge on any atom is 0.416 e. The maximum absolute atomic E-state index is 13.1. The molecule has 4 rings (SSSR count). The van der Waals surface area contributed by atoms with Crippen molar-refractivity contribution >= 4 is 16.9 Å². The number of carbonyl (C=O) groups excluding carboxylic acids is 1. The van der Waals surface area contributed by atoms with Crippen molar-refractivity contribution in [3.05, 3.63) is 77.2 Å². The molecule has 2 aromatic carbocycles. The summed E-state index contributed by atoms with van der Waals surface area (Å²) in [5.41, 5.74) is -2.72. The standard InChI is InChI=1S/C21H14F6N6O/c1-11(17-18(29-7-6-28-17)33-31-15-4-2-3-5-16(15)32-33)30-19(34)12-8-13(20(22,23)24)10-14(9-12)21(25,26)27/h2-11H,1H3,(H,30,34). The maximum atomic E-state index is 13.1. The number of halogens is 6. The molecule has 0 fully saturated rings. The number of hydrogen-bond donors (Lipinski definition) is 1. The molecule has 0 aliphatic heterocycles. The lowest BCUT2D eigenvalue weighted by Gasteiger charge is -2.17. The Morgan fingerprint density at radius 1 is 0.882 bits per heavy atom. The zero-order valence-electron chi connectivity index (χ0n) is 17.2. The first kappa shape index (κ1) is 23.1. The summed E-state index contributed by atoms with van der Waals surface area (Å²) in [5.74, 6) is -1.02. The predicted octanol–water partition coefficient (Wildman–Crippen LogP) is 4.74. The van der Waals surface area contributed by atoms with Crippen LogP contribution in [0.3, 0.4) is 0 Å². The van der Waals surface area contributed by atoms with E-state index in [1.807, 2.05) is 0 Å². The van der Waals surface area contributed by atoms with Gasteiger partial charge in [-0.1, -0.05) is 12.1 Å². The van der Waals surface area contributed by atoms with Crippen molar-refractivity contribution in [3.63, 3.8) is 0 Å². The lowest BCUT2D eigenvalue weighted by Crippen LogP contribution is -2.29. The first-order valence-corrected chi connectivity index (χ1v) is 9.67. The third kappa shape index (κ3) is 4.67. The quantitative estimate of drug-likeness (QED) is 0.427. The van der Waals surface area contributed by atoms with E-state index < -0.39 is 41.0 Å². The molecular weight excluding hydrogens is 466 g/mol. The summed E-state index contributed by atoms with van der Waals surface area (Å²) in [6.45, 7) is 1.45. The van der Waals surface area contributed by atoms with Gasteiger partial charge < -0.3 is 5.32 Å². The summed E-state index contributed by atoms with van der Waals surface area (Å²) in [7, 11) is 0. The van der Waals surface area contributed by atoms with Crippen LogP contribution in [-0.2, 0) is 12.4 Å². The van der Waals surface area contributed by atoms with Gasteiger partial charge in [-0.2, -0.15) is 26.3 Å². The Labute approximate surface area is 187 Å². The Bertz CT molecular complexity index is 1300. The molecule has 4 aromatic rings. The lowest BCUT2D eigenvalue weighted by atomic mass is 10.0. The van der Waals surface area contributed by atoms with Crippen LogP contribution in [0, 0.1) is 0 Å². The second-order valence-corrected chi connectivity index (χ2v) is 7.23. The third-order valence-corrected chi connectivity index (χ3v) is 4.79. The SMILES string of the molecule is CC(NC(=O)c1cc(C(F)(F)F)cc(C(F)(F)F)c1)c1nccnc1-n1nc2ccccc2n1. The van der Waals surface area contributed by atoms with Gasteiger partial charge in [-0.25, -0.2) is 4.98 Å². The van der Waals surface area contributed by atoms with Crippen molar-refractivity contribution in [2.24, 2.45) is 0 Å². The van der Waals surface area contributed by atoms with E-state index in [-0.39, 0.29) is 17.6 Å². The van der Waals surface area contributed by atoms with Gasteiger partial charge in [-0.15, -0.1) is 15.0 Å². The van der Waals surface area contributed by atoms with Crippen LogP contribution in [-0.4, -0.2) is 30.9 Å². The molecule has 176 valence electrons. The Morgan fingerprint density at radius 3 is 1.94 bits per heavy atom. The van der Waals surface area contributed by atoms with Crippen LogP contribution in [0.4, 0.5) is 26.3 Å². The molecule has 0 bridgehead atoms. The second kappa shape index (κ2) is 8.39. The highest BCUT2D eigenvalue weighted by Crippen LogP contribution is 2.36. The van der Waals surface area contributed by atoms with Crippen molar-refractivity contribution in [1.82, 2.24) is 30.3 Å². The van der Waals surface area contributed by atoms with Gasteiger partial charge in [0.05, 0.1) is 17.2 Å². The normalized spacial score (nSPS) is 13.1. The summed E-state index contributed by atoms with van der Waals surface area (Å²) in [6, 6.07) is 6.65. The van der Waals surface area contributed by atoms with Crippen LogP contribution in [0.1, 0.15) is 40.1 Å². The van der Waals surface area contributed by atoms with Crippen LogP contribution in [0.2, 0.25) is 0 Å². The Hall–Kier alpha value is -4.03. The molecule has 1 amide bonds. The number of carbonyl (C=O) groups is 1. The molecule has 0 radical (unpaired) electrons. The minimum absolute atomic E-state index is 0.0466. The topological polar surface area (TPSA) is 85.6 Å². The number of nitrogens with one attached hydrogen (secondary N) is 1. The number of nitrogens with zero attached hydrogens (tertiary/aromatic N) is 5. The summed E-state index contributed by atoms with van der Waals surface area (Å²) in [4.78, 5) is 22.1. The van der Waals surface area contributed by atoms with Crippen molar-refractivity contribution in [1.29, 1.82) is 0 Å². The number of amides is 1. The molecule has 0 saturated carbocycles. The fourth-order valence-corrected chi connectivity index (χ4v) is 3.19. The third-order valence-electron chi connectivity index (χ3n) is 4.79. The number of rotatable bonds is 4. The lowest BCUT2D eigenvalue weighted by molar-refractivity contribution is -0.143. The van der Waals surface area contributed by atoms with Crippen molar-refractivity contribution in [3.8, 4) is 5.82 Å². The number of benzene rings is 2. The van der Waals surface area contributed by atoms with E-state index in [1.165, 1.54) is 24.1 Å². The minimum Gasteiger partial charge on any atom is -0.344 e. The van der Waals surface area contributed by atoms with Crippen LogP contribution in [0.15, 0.2) is 54.9 Å². The fraction of sp³-hybridized carbons (Fsp3) is 0.190. The average Bonchev–Trinajstić information content (AvgIpc) is 3.21. The molecule has 1 N–H and O–H groups in total. The van der Waals surface area contributed by atoms with Gasteiger partial charge in [-0.05, 0) is 37.3 Å². The predicted molar refractivity (Wildman–Crippen MR) is 107 cm³/mol. The molecule has 0 aliphatic rings. The van der Waals surface area contributed by atoms with Gasteiger partial charge in [0.25, 0.3) is 5.91 Å². The molecule has 0 saturated heterocycles. The second-order valence-electron chi connectivity index (χ2n) is 7.23. The Kier molecular flexibility index (Phi) is 5.71. The van der Waals surface area contributed by atoms with Crippen LogP contribution >= 0.6 is 0 Å². The van der Waals surface area contributed by atoms with Gasteiger partial charge in [0.2, 0.25) is 0 Å². The molecule has 1 atom stereocenters. The van der Waals surface area contributed by atoms with Crippen LogP contribution in [0.25, 0.3) is 16.9 Å².